The van der Waals surface area contributed by atoms with Crippen molar-refractivity contribution in [2.75, 3.05) is 18.4 Å². The number of hydrogen-bond acceptors (Lipinski definition) is 3. The van der Waals surface area contributed by atoms with Gasteiger partial charge in [0.1, 0.15) is 0 Å². The van der Waals surface area contributed by atoms with Crippen LogP contribution in [-0.4, -0.2) is 28.3 Å². The molecule has 3 aromatic rings. The number of aromatic amines is 1. The van der Waals surface area contributed by atoms with Crippen LogP contribution in [0.25, 0.3) is 16.5 Å². The smallest absolute Gasteiger partial charge is 0.162 e. The average molecular weight is 391 g/mol. The molecular weight excluding hydrogens is 375 g/mol. The second-order valence-electron chi connectivity index (χ2n) is 5.85. The van der Waals surface area contributed by atoms with E-state index in [1.165, 1.54) is 16.5 Å². The lowest BCUT2D eigenvalue weighted by Gasteiger charge is -2.19. The second-order valence-corrected chi connectivity index (χ2v) is 7.44. The van der Waals surface area contributed by atoms with Gasteiger partial charge < -0.3 is 10.3 Å². The number of nitrogens with zero attached hydrogens (tertiary/aromatic N) is 2. The van der Waals surface area contributed by atoms with E-state index in [1.807, 2.05) is 23.6 Å². The summed E-state index contributed by atoms with van der Waals surface area (Å²) in [5, 5.41) is 6.50. The van der Waals surface area contributed by atoms with Gasteiger partial charge in [-0.1, -0.05) is 12.1 Å². The minimum Gasteiger partial charge on any atom is -0.361 e. The molecule has 7 heteroatoms. The highest BCUT2D eigenvalue weighted by Gasteiger charge is 2.15. The largest absolute Gasteiger partial charge is 0.361 e. The summed E-state index contributed by atoms with van der Waals surface area (Å²) in [6.45, 7) is 1.63. The minimum atomic E-state index is 0.655. The van der Waals surface area contributed by atoms with Crippen molar-refractivity contribution in [1.82, 2.24) is 9.40 Å². The van der Waals surface area contributed by atoms with Crippen molar-refractivity contribution in [2.24, 2.45) is 4.51 Å². The molecule has 1 aromatic carbocycles. The van der Waals surface area contributed by atoms with Gasteiger partial charge >= 0.3 is 0 Å². The second kappa shape index (κ2) is 7.22. The van der Waals surface area contributed by atoms with E-state index in [1.54, 1.807) is 15.8 Å². The average Bonchev–Trinajstić information content (AvgIpc) is 3.30. The molecule has 0 saturated heterocycles. The lowest BCUT2D eigenvalue weighted by atomic mass is 9.99. The number of aromatic nitrogens is 1. The Bertz CT molecular complexity index is 943. The van der Waals surface area contributed by atoms with E-state index >= 15 is 0 Å². The maximum Gasteiger partial charge on any atom is 0.162 e. The fraction of sp³-hybridized carbons (Fsp3) is 0.167. The van der Waals surface area contributed by atoms with Gasteiger partial charge in [0, 0.05) is 53.2 Å². The normalized spacial score (nSPS) is 16.2. The van der Waals surface area contributed by atoms with Gasteiger partial charge in [0.05, 0.1) is 4.88 Å². The zero-order valence-corrected chi connectivity index (χ0v) is 15.6. The van der Waals surface area contributed by atoms with E-state index in [9.17, 15) is 0 Å². The minimum absolute atomic E-state index is 0.655. The quantitative estimate of drug-likeness (QED) is 0.353. The molecule has 2 aromatic heterocycles. The van der Waals surface area contributed by atoms with Gasteiger partial charge in [-0.25, -0.2) is 4.42 Å². The molecule has 4 nitrogen and oxygen atoms in total. The zero-order valence-electron chi connectivity index (χ0n) is 13.3. The molecule has 0 unspecified atom stereocenters. The molecule has 0 bridgehead atoms. The van der Waals surface area contributed by atoms with Gasteiger partial charge in [-0.2, -0.15) is 4.51 Å². The predicted octanol–water partition coefficient (Wildman–Crippen LogP) is 5.48. The van der Waals surface area contributed by atoms with Crippen LogP contribution in [0.15, 0.2) is 52.5 Å². The molecule has 0 atom stereocenters. The Balaban J connectivity index is 1.67. The van der Waals surface area contributed by atoms with Crippen molar-refractivity contribution in [1.29, 1.82) is 0 Å². The van der Waals surface area contributed by atoms with Crippen LogP contribution >= 0.6 is 34.9 Å². The van der Waals surface area contributed by atoms with Gasteiger partial charge in [0.2, 0.25) is 0 Å². The first kappa shape index (κ1) is 16.7. The van der Waals surface area contributed by atoms with Crippen molar-refractivity contribution in [3.8, 4) is 0 Å². The number of rotatable bonds is 3. The third-order valence-corrected chi connectivity index (χ3v) is 5.64. The number of H-pyrrole nitrogens is 1. The molecular formula is C18H16Cl2N4S. The fourth-order valence-electron chi connectivity index (χ4n) is 3.03. The van der Waals surface area contributed by atoms with E-state index in [0.717, 1.165) is 35.6 Å². The molecule has 0 amide bonds. The predicted molar refractivity (Wildman–Crippen MR) is 109 cm³/mol. The first-order valence-corrected chi connectivity index (χ1v) is 9.51. The summed E-state index contributed by atoms with van der Waals surface area (Å²) in [5.41, 5.74) is 4.61. The van der Waals surface area contributed by atoms with Crippen LogP contribution in [0.4, 0.5) is 5.69 Å². The van der Waals surface area contributed by atoms with Gasteiger partial charge in [-0.3, -0.25) is 0 Å². The number of hydrogen-bond donors (Lipinski definition) is 2. The fourth-order valence-corrected chi connectivity index (χ4v) is 4.03. The summed E-state index contributed by atoms with van der Waals surface area (Å²) in [7, 11) is 0. The van der Waals surface area contributed by atoms with Gasteiger partial charge in [0.25, 0.3) is 0 Å². The highest BCUT2D eigenvalue weighted by molar-refractivity contribution is 7.12. The Hall–Kier alpha value is -1.79. The molecule has 128 valence electrons. The standard InChI is InChI=1S/C18H16Cl2N4S/c19-23-18(17-2-1-9-25-17)22-13-3-4-16-14(10-13)15(11-21-16)12-5-7-24(20)8-6-12/h1-5,9-11,21H,6-8H2,(H,22,23). The zero-order chi connectivity index (χ0) is 17.2. The molecule has 0 fully saturated rings. The molecule has 1 aliphatic heterocycles. The molecule has 2 N–H and O–H groups in total. The van der Waals surface area contributed by atoms with Crippen LogP contribution in [0.2, 0.25) is 0 Å². The molecule has 1 aliphatic rings. The monoisotopic (exact) mass is 390 g/mol. The van der Waals surface area contributed by atoms with Gasteiger partial charge in [-0.15, -0.1) is 11.3 Å². The molecule has 3 heterocycles. The summed E-state index contributed by atoms with van der Waals surface area (Å²) < 4.78 is 5.66. The highest BCUT2D eigenvalue weighted by atomic mass is 35.5. The van der Waals surface area contributed by atoms with Crippen LogP contribution < -0.4 is 5.32 Å². The number of amidine groups is 1. The van der Waals surface area contributed by atoms with Crippen molar-refractivity contribution in [2.45, 2.75) is 6.42 Å². The third-order valence-electron chi connectivity index (χ3n) is 4.29. The van der Waals surface area contributed by atoms with E-state index in [4.69, 9.17) is 23.6 Å². The van der Waals surface area contributed by atoms with Crippen molar-refractivity contribution >= 4 is 62.9 Å². The number of fused-ring (bicyclic) bond motifs is 1. The number of halogens is 2. The highest BCUT2D eigenvalue weighted by Crippen LogP contribution is 2.31. The van der Waals surface area contributed by atoms with E-state index in [-0.39, 0.29) is 0 Å². The molecule has 0 spiro atoms. The lowest BCUT2D eigenvalue weighted by Crippen LogP contribution is -2.18. The summed E-state index contributed by atoms with van der Waals surface area (Å²) >= 11 is 13.4. The summed E-state index contributed by atoms with van der Waals surface area (Å²) in [6, 6.07) is 10.2. The summed E-state index contributed by atoms with van der Waals surface area (Å²) in [4.78, 5) is 4.35. The summed E-state index contributed by atoms with van der Waals surface area (Å²) in [5.74, 6) is 0.655. The SMILES string of the molecule is Cl/N=C(/Nc1ccc2[nH]cc(C3=CCN(Cl)CC3)c2c1)c1cccs1. The van der Waals surface area contributed by atoms with Gasteiger partial charge in [-0.05, 0) is 53.4 Å². The molecule has 0 radical (unpaired) electrons. The van der Waals surface area contributed by atoms with Crippen molar-refractivity contribution in [3.05, 3.63) is 58.4 Å². The Kier molecular flexibility index (Phi) is 4.81. The van der Waals surface area contributed by atoms with Gasteiger partial charge in [0.15, 0.2) is 5.84 Å². The Morgan fingerprint density at radius 2 is 2.24 bits per heavy atom. The number of nitrogens with one attached hydrogen (secondary N) is 2. The van der Waals surface area contributed by atoms with Crippen molar-refractivity contribution in [3.63, 3.8) is 0 Å². The maximum absolute atomic E-state index is 6.06. The van der Waals surface area contributed by atoms with Crippen molar-refractivity contribution < 1.29 is 0 Å². The lowest BCUT2D eigenvalue weighted by molar-refractivity contribution is 0.499. The summed E-state index contributed by atoms with van der Waals surface area (Å²) in [6.07, 6.45) is 5.20. The van der Waals surface area contributed by atoms with Crippen LogP contribution in [0.3, 0.4) is 0 Å². The molecule has 0 saturated carbocycles. The molecule has 4 rings (SSSR count). The Morgan fingerprint density at radius 1 is 1.32 bits per heavy atom. The molecule has 0 aliphatic carbocycles. The number of anilines is 1. The van der Waals surface area contributed by atoms with Crippen LogP contribution in [0, 0.1) is 0 Å². The Morgan fingerprint density at radius 3 is 2.96 bits per heavy atom. The van der Waals surface area contributed by atoms with E-state index in [2.05, 4.69) is 39.2 Å². The van der Waals surface area contributed by atoms with Crippen LogP contribution in [-0.2, 0) is 0 Å². The van der Waals surface area contributed by atoms with E-state index < -0.39 is 0 Å². The maximum atomic E-state index is 6.06. The number of thiophene rings is 1. The van der Waals surface area contributed by atoms with E-state index in [0.29, 0.717) is 5.84 Å². The Labute approximate surface area is 160 Å². The van der Waals surface area contributed by atoms with Crippen LogP contribution in [0.5, 0.6) is 0 Å². The molecule has 25 heavy (non-hydrogen) atoms. The third kappa shape index (κ3) is 3.46. The topological polar surface area (TPSA) is 43.4 Å². The van der Waals surface area contributed by atoms with Crippen LogP contribution in [0.1, 0.15) is 16.9 Å². The number of benzene rings is 1. The first-order valence-electron chi connectivity index (χ1n) is 7.96. The first-order chi connectivity index (χ1) is 12.2.